The normalized spacial score (nSPS) is 15.2. The van der Waals surface area contributed by atoms with Crippen molar-refractivity contribution in [3.8, 4) is 0 Å². The maximum absolute atomic E-state index is 12.5. The predicted octanol–water partition coefficient (Wildman–Crippen LogP) is 3.37. The smallest absolute Gasteiger partial charge is 0.410 e. The zero-order chi connectivity index (χ0) is 20.2. The molecule has 1 aromatic rings. The molecule has 1 heterocycles. The fourth-order valence-electron chi connectivity index (χ4n) is 2.92. The van der Waals surface area contributed by atoms with E-state index in [1.54, 1.807) is 23.1 Å². The highest BCUT2D eigenvalue weighted by atomic mass is 16.6. The number of carbonyl (C=O) groups excluding carboxylic acids is 3. The number of aryl methyl sites for hydroxylation is 1. The molecule has 1 saturated heterocycles. The number of hydrogen-bond donors (Lipinski definition) is 1. The van der Waals surface area contributed by atoms with Crippen molar-refractivity contribution in [2.24, 2.45) is 5.92 Å². The van der Waals surface area contributed by atoms with Gasteiger partial charge in [0.1, 0.15) is 5.60 Å². The summed E-state index contributed by atoms with van der Waals surface area (Å²) in [6, 6.07) is 5.15. The average molecular weight is 376 g/mol. The fourth-order valence-corrected chi connectivity index (χ4v) is 2.92. The second-order valence-corrected chi connectivity index (χ2v) is 7.75. The Hall–Kier alpha value is -2.57. The monoisotopic (exact) mass is 376 g/mol. The molecule has 1 aliphatic rings. The summed E-state index contributed by atoms with van der Waals surface area (Å²) in [7, 11) is 1.32. The molecule has 2 amide bonds. The Morgan fingerprint density at radius 3 is 2.33 bits per heavy atom. The minimum Gasteiger partial charge on any atom is -0.465 e. The van der Waals surface area contributed by atoms with Gasteiger partial charge >= 0.3 is 12.1 Å². The molecule has 0 saturated carbocycles. The van der Waals surface area contributed by atoms with Crippen LogP contribution in [0, 0.1) is 12.8 Å². The van der Waals surface area contributed by atoms with E-state index in [-0.39, 0.29) is 17.9 Å². The van der Waals surface area contributed by atoms with Gasteiger partial charge in [0.25, 0.3) is 0 Å². The lowest BCUT2D eigenvalue weighted by molar-refractivity contribution is -0.121. The SMILES string of the molecule is COC(=O)c1cc(NC(=O)C2CCN(C(=O)OC(C)(C)C)CC2)ccc1C. The van der Waals surface area contributed by atoms with Crippen molar-refractivity contribution in [1.82, 2.24) is 4.90 Å². The van der Waals surface area contributed by atoms with Crippen LogP contribution in [0.1, 0.15) is 49.5 Å². The maximum Gasteiger partial charge on any atom is 0.410 e. The number of benzene rings is 1. The van der Waals surface area contributed by atoms with Gasteiger partial charge in [-0.3, -0.25) is 4.79 Å². The highest BCUT2D eigenvalue weighted by molar-refractivity contribution is 5.96. The molecule has 1 aromatic carbocycles. The maximum atomic E-state index is 12.5. The average Bonchev–Trinajstić information content (AvgIpc) is 2.61. The Bertz CT molecular complexity index is 716. The first-order valence-corrected chi connectivity index (χ1v) is 9.08. The van der Waals surface area contributed by atoms with E-state index in [9.17, 15) is 14.4 Å². The second-order valence-electron chi connectivity index (χ2n) is 7.75. The lowest BCUT2D eigenvalue weighted by atomic mass is 9.96. The highest BCUT2D eigenvalue weighted by Crippen LogP contribution is 2.22. The van der Waals surface area contributed by atoms with Crippen molar-refractivity contribution in [3.63, 3.8) is 0 Å². The lowest BCUT2D eigenvalue weighted by Gasteiger charge is -2.32. The van der Waals surface area contributed by atoms with Crippen LogP contribution in [0.25, 0.3) is 0 Å². The molecule has 0 unspecified atom stereocenters. The number of likely N-dealkylation sites (tertiary alicyclic amines) is 1. The third-order valence-corrected chi connectivity index (χ3v) is 4.43. The number of esters is 1. The molecular weight excluding hydrogens is 348 g/mol. The van der Waals surface area contributed by atoms with Crippen molar-refractivity contribution >= 4 is 23.7 Å². The van der Waals surface area contributed by atoms with Crippen LogP contribution in [0.2, 0.25) is 0 Å². The molecule has 1 fully saturated rings. The number of anilines is 1. The van der Waals surface area contributed by atoms with Crippen molar-refractivity contribution in [3.05, 3.63) is 29.3 Å². The third kappa shape index (κ3) is 5.70. The van der Waals surface area contributed by atoms with Gasteiger partial charge in [-0.05, 0) is 58.2 Å². The van der Waals surface area contributed by atoms with E-state index in [1.807, 2.05) is 27.7 Å². The number of rotatable bonds is 3. The first-order valence-electron chi connectivity index (χ1n) is 9.08. The topological polar surface area (TPSA) is 84.9 Å². The zero-order valence-corrected chi connectivity index (χ0v) is 16.6. The van der Waals surface area contributed by atoms with Crippen molar-refractivity contribution < 1.29 is 23.9 Å². The van der Waals surface area contributed by atoms with Gasteiger partial charge in [-0.2, -0.15) is 0 Å². The van der Waals surface area contributed by atoms with E-state index < -0.39 is 11.6 Å². The molecule has 0 radical (unpaired) electrons. The Kier molecular flexibility index (Phi) is 6.46. The Balaban J connectivity index is 1.93. The van der Waals surface area contributed by atoms with E-state index >= 15 is 0 Å². The summed E-state index contributed by atoms with van der Waals surface area (Å²) >= 11 is 0. The Morgan fingerprint density at radius 1 is 1.15 bits per heavy atom. The van der Waals surface area contributed by atoms with Crippen LogP contribution >= 0.6 is 0 Å². The summed E-state index contributed by atoms with van der Waals surface area (Å²) in [6.45, 7) is 8.26. The highest BCUT2D eigenvalue weighted by Gasteiger charge is 2.30. The van der Waals surface area contributed by atoms with Gasteiger partial charge in [0, 0.05) is 24.7 Å². The summed E-state index contributed by atoms with van der Waals surface area (Å²) in [6.07, 6.45) is 0.796. The number of amides is 2. The number of nitrogens with one attached hydrogen (secondary N) is 1. The van der Waals surface area contributed by atoms with Gasteiger partial charge < -0.3 is 19.7 Å². The fraction of sp³-hybridized carbons (Fsp3) is 0.550. The number of hydrogen-bond acceptors (Lipinski definition) is 5. The minimum atomic E-state index is -0.534. The van der Waals surface area contributed by atoms with Gasteiger partial charge in [-0.25, -0.2) is 9.59 Å². The molecule has 0 aromatic heterocycles. The number of piperidine rings is 1. The van der Waals surface area contributed by atoms with E-state index in [4.69, 9.17) is 9.47 Å². The first kappa shape index (κ1) is 20.7. The van der Waals surface area contributed by atoms with Crippen LogP contribution in [-0.4, -0.2) is 48.7 Å². The van der Waals surface area contributed by atoms with Crippen LogP contribution in [0.3, 0.4) is 0 Å². The molecule has 0 aliphatic carbocycles. The second kappa shape index (κ2) is 8.41. The summed E-state index contributed by atoms with van der Waals surface area (Å²) in [5.74, 6) is -0.737. The van der Waals surface area contributed by atoms with Crippen molar-refractivity contribution in [2.45, 2.75) is 46.1 Å². The molecule has 7 nitrogen and oxygen atoms in total. The van der Waals surface area contributed by atoms with Crippen molar-refractivity contribution in [2.75, 3.05) is 25.5 Å². The Morgan fingerprint density at radius 2 is 1.78 bits per heavy atom. The molecular formula is C20H28N2O5. The molecule has 0 atom stereocenters. The molecule has 0 bridgehead atoms. The molecule has 148 valence electrons. The number of ether oxygens (including phenoxy) is 2. The van der Waals surface area contributed by atoms with Gasteiger partial charge in [0.15, 0.2) is 0 Å². The molecule has 1 aliphatic heterocycles. The molecule has 2 rings (SSSR count). The zero-order valence-electron chi connectivity index (χ0n) is 16.6. The van der Waals surface area contributed by atoms with Crippen LogP contribution in [-0.2, 0) is 14.3 Å². The Labute approximate surface area is 160 Å². The quantitative estimate of drug-likeness (QED) is 0.818. The predicted molar refractivity (Wildman–Crippen MR) is 102 cm³/mol. The molecule has 1 N–H and O–H groups in total. The summed E-state index contributed by atoms with van der Waals surface area (Å²) in [5, 5.41) is 2.86. The van der Waals surface area contributed by atoms with Crippen LogP contribution in [0.15, 0.2) is 18.2 Å². The van der Waals surface area contributed by atoms with Gasteiger partial charge in [0.2, 0.25) is 5.91 Å². The molecule has 27 heavy (non-hydrogen) atoms. The van der Waals surface area contributed by atoms with Crippen LogP contribution in [0.5, 0.6) is 0 Å². The number of nitrogens with zero attached hydrogens (tertiary/aromatic N) is 1. The van der Waals surface area contributed by atoms with E-state index in [2.05, 4.69) is 5.32 Å². The van der Waals surface area contributed by atoms with Crippen LogP contribution < -0.4 is 5.32 Å². The van der Waals surface area contributed by atoms with Crippen LogP contribution in [0.4, 0.5) is 10.5 Å². The third-order valence-electron chi connectivity index (χ3n) is 4.43. The van der Waals surface area contributed by atoms with Gasteiger partial charge in [-0.15, -0.1) is 0 Å². The summed E-state index contributed by atoms with van der Waals surface area (Å²) in [4.78, 5) is 38.1. The van der Waals surface area contributed by atoms with Gasteiger partial charge in [-0.1, -0.05) is 6.07 Å². The van der Waals surface area contributed by atoms with Gasteiger partial charge in [0.05, 0.1) is 12.7 Å². The van der Waals surface area contributed by atoms with Crippen molar-refractivity contribution in [1.29, 1.82) is 0 Å². The number of carbonyl (C=O) groups is 3. The first-order chi connectivity index (χ1) is 12.6. The standard InChI is InChI=1S/C20H28N2O5/c1-13-6-7-15(12-16(13)18(24)26-5)21-17(23)14-8-10-22(11-9-14)19(25)27-20(2,3)4/h6-7,12,14H,8-11H2,1-5H3,(H,21,23). The lowest BCUT2D eigenvalue weighted by Crippen LogP contribution is -2.43. The van der Waals surface area contributed by atoms with E-state index in [0.29, 0.717) is 37.2 Å². The largest absolute Gasteiger partial charge is 0.465 e. The molecule has 7 heteroatoms. The summed E-state index contributed by atoms with van der Waals surface area (Å²) < 4.78 is 10.1. The summed E-state index contributed by atoms with van der Waals surface area (Å²) in [5.41, 5.74) is 1.23. The van der Waals surface area contributed by atoms with E-state index in [0.717, 1.165) is 5.56 Å². The van der Waals surface area contributed by atoms with E-state index in [1.165, 1.54) is 7.11 Å². The number of methoxy groups -OCH3 is 1. The minimum absolute atomic E-state index is 0.112. The molecule has 0 spiro atoms.